The quantitative estimate of drug-likeness (QED) is 0.309. The van der Waals surface area contributed by atoms with Gasteiger partial charge in [0, 0.05) is 22.2 Å². The molecule has 5 rings (SSSR count). The summed E-state index contributed by atoms with van der Waals surface area (Å²) in [4.78, 5) is 18.3. The molecule has 0 aliphatic heterocycles. The number of rotatable bonds is 5. The molecular weight excluding hydrogens is 468 g/mol. The van der Waals surface area contributed by atoms with Crippen LogP contribution in [0.25, 0.3) is 32.9 Å². The van der Waals surface area contributed by atoms with Gasteiger partial charge in [-0.3, -0.25) is 10.1 Å². The number of benzene rings is 2. The van der Waals surface area contributed by atoms with Crippen molar-refractivity contribution >= 4 is 45.0 Å². The molecule has 3 aromatic heterocycles. The third-order valence-electron chi connectivity index (χ3n) is 5.46. The van der Waals surface area contributed by atoms with Crippen LogP contribution in [-0.4, -0.2) is 30.9 Å². The van der Waals surface area contributed by atoms with E-state index in [1.165, 1.54) is 11.3 Å². The van der Waals surface area contributed by atoms with E-state index in [4.69, 9.17) is 16.6 Å². The van der Waals surface area contributed by atoms with E-state index >= 15 is 0 Å². The number of aryl methyl sites for hydroxylation is 1. The number of hydrogen-bond donors (Lipinski definition) is 1. The molecule has 34 heavy (non-hydrogen) atoms. The molecule has 9 heteroatoms. The number of carbonyl (C=O) groups is 1. The minimum Gasteiger partial charge on any atom is -0.296 e. The minimum atomic E-state index is -0.288. The average Bonchev–Trinajstić information content (AvgIpc) is 3.46. The summed E-state index contributed by atoms with van der Waals surface area (Å²) in [6.45, 7) is 6.10. The van der Waals surface area contributed by atoms with E-state index in [-0.39, 0.29) is 11.9 Å². The average molecular weight is 489 g/mol. The Morgan fingerprint density at radius 1 is 1.09 bits per heavy atom. The Hall–Kier alpha value is -3.62. The second-order valence-electron chi connectivity index (χ2n) is 8.16. The van der Waals surface area contributed by atoms with Crippen molar-refractivity contribution in [1.29, 1.82) is 0 Å². The molecule has 0 bridgehead atoms. The number of carbonyl (C=O) groups excluding carboxylic acids is 1. The normalized spacial score (nSPS) is 11.3. The fourth-order valence-corrected chi connectivity index (χ4v) is 4.60. The highest BCUT2D eigenvalue weighted by Crippen LogP contribution is 2.30. The van der Waals surface area contributed by atoms with E-state index in [9.17, 15) is 4.79 Å². The Kier molecular flexibility index (Phi) is 5.85. The van der Waals surface area contributed by atoms with Gasteiger partial charge in [0.1, 0.15) is 5.01 Å². The topological polar surface area (TPSA) is 85.6 Å². The third kappa shape index (κ3) is 4.18. The maximum absolute atomic E-state index is 13.4. The number of pyridine rings is 1. The Balaban J connectivity index is 1.54. The number of amides is 1. The van der Waals surface area contributed by atoms with Crippen LogP contribution in [0.15, 0.2) is 60.8 Å². The zero-order chi connectivity index (χ0) is 23.8. The first-order valence-corrected chi connectivity index (χ1v) is 11.9. The number of fused-ring (bicyclic) bond motifs is 1. The SMILES string of the molecule is Cc1ccccc1-c1cc(C(=O)Nc2nnc(-c3ccc(Cl)cc3)s2)c2cnn(C(C)C)c2n1. The molecule has 0 radical (unpaired) electrons. The number of aromatic nitrogens is 5. The largest absolute Gasteiger partial charge is 0.296 e. The van der Waals surface area contributed by atoms with Crippen LogP contribution in [-0.2, 0) is 0 Å². The monoisotopic (exact) mass is 488 g/mol. The van der Waals surface area contributed by atoms with Gasteiger partial charge in [-0.25, -0.2) is 9.67 Å². The van der Waals surface area contributed by atoms with E-state index in [0.29, 0.717) is 31.8 Å². The van der Waals surface area contributed by atoms with Gasteiger partial charge in [-0.2, -0.15) is 5.10 Å². The van der Waals surface area contributed by atoms with Gasteiger partial charge in [0.25, 0.3) is 5.91 Å². The molecule has 0 fully saturated rings. The van der Waals surface area contributed by atoms with Crippen molar-refractivity contribution in [3.05, 3.63) is 76.9 Å². The van der Waals surface area contributed by atoms with Gasteiger partial charge in [0.2, 0.25) is 5.13 Å². The summed E-state index contributed by atoms with van der Waals surface area (Å²) in [6, 6.07) is 17.2. The summed E-state index contributed by atoms with van der Waals surface area (Å²) >= 11 is 7.27. The molecule has 170 valence electrons. The molecule has 2 aromatic carbocycles. The molecule has 0 spiro atoms. The van der Waals surface area contributed by atoms with E-state index in [2.05, 4.69) is 20.6 Å². The summed E-state index contributed by atoms with van der Waals surface area (Å²) in [6.07, 6.45) is 1.69. The second kappa shape index (κ2) is 8.96. The fraction of sp³-hybridized carbons (Fsp3) is 0.160. The van der Waals surface area contributed by atoms with Crippen molar-refractivity contribution in [3.8, 4) is 21.8 Å². The van der Waals surface area contributed by atoms with E-state index in [0.717, 1.165) is 22.4 Å². The Morgan fingerprint density at radius 2 is 1.85 bits per heavy atom. The highest BCUT2D eigenvalue weighted by Gasteiger charge is 2.20. The van der Waals surface area contributed by atoms with Crippen LogP contribution in [0.2, 0.25) is 5.02 Å². The van der Waals surface area contributed by atoms with Gasteiger partial charge in [-0.05, 0) is 44.5 Å². The first kappa shape index (κ1) is 22.2. The second-order valence-corrected chi connectivity index (χ2v) is 9.58. The molecule has 0 aliphatic carbocycles. The summed E-state index contributed by atoms with van der Waals surface area (Å²) in [5.74, 6) is -0.288. The number of anilines is 1. The zero-order valence-electron chi connectivity index (χ0n) is 18.8. The maximum atomic E-state index is 13.4. The Bertz CT molecular complexity index is 1510. The van der Waals surface area contributed by atoms with E-state index < -0.39 is 0 Å². The standard InChI is InChI=1S/C25H21ClN6OS/c1-14(2)32-22-20(13-27-32)19(12-21(28-22)18-7-5-4-6-15(18)3)23(33)29-25-31-30-24(34-25)16-8-10-17(26)11-9-16/h4-14H,1-3H3,(H,29,31,33). The van der Waals surface area contributed by atoms with Gasteiger partial charge in [0.05, 0.1) is 22.8 Å². The van der Waals surface area contributed by atoms with Gasteiger partial charge in [0.15, 0.2) is 5.65 Å². The van der Waals surface area contributed by atoms with Gasteiger partial charge < -0.3 is 0 Å². The number of halogens is 1. The number of hydrogen-bond acceptors (Lipinski definition) is 6. The lowest BCUT2D eigenvalue weighted by Crippen LogP contribution is -2.13. The first-order chi connectivity index (χ1) is 16.4. The highest BCUT2D eigenvalue weighted by atomic mass is 35.5. The van der Waals surface area contributed by atoms with Crippen LogP contribution in [0.5, 0.6) is 0 Å². The Morgan fingerprint density at radius 3 is 2.59 bits per heavy atom. The molecule has 0 atom stereocenters. The maximum Gasteiger partial charge on any atom is 0.258 e. The van der Waals surface area contributed by atoms with E-state index in [1.807, 2.05) is 67.9 Å². The van der Waals surface area contributed by atoms with Crippen molar-refractivity contribution in [3.63, 3.8) is 0 Å². The summed E-state index contributed by atoms with van der Waals surface area (Å²) < 4.78 is 1.83. The lowest BCUT2D eigenvalue weighted by Gasteiger charge is -2.11. The summed E-state index contributed by atoms with van der Waals surface area (Å²) in [5, 5.41) is 18.2. The molecular formula is C25H21ClN6OS. The van der Waals surface area contributed by atoms with Crippen molar-refractivity contribution in [2.24, 2.45) is 0 Å². The third-order valence-corrected chi connectivity index (χ3v) is 6.60. The summed E-state index contributed by atoms with van der Waals surface area (Å²) in [7, 11) is 0. The molecule has 0 aliphatic rings. The van der Waals surface area contributed by atoms with Crippen molar-refractivity contribution in [2.45, 2.75) is 26.8 Å². The van der Waals surface area contributed by atoms with Gasteiger partial charge >= 0.3 is 0 Å². The first-order valence-electron chi connectivity index (χ1n) is 10.8. The van der Waals surface area contributed by atoms with Gasteiger partial charge in [-0.15, -0.1) is 10.2 Å². The molecule has 1 amide bonds. The smallest absolute Gasteiger partial charge is 0.258 e. The molecule has 5 aromatic rings. The number of nitrogens with zero attached hydrogens (tertiary/aromatic N) is 5. The fourth-order valence-electron chi connectivity index (χ4n) is 3.73. The van der Waals surface area contributed by atoms with Crippen LogP contribution in [0.1, 0.15) is 35.8 Å². The zero-order valence-corrected chi connectivity index (χ0v) is 20.4. The van der Waals surface area contributed by atoms with Crippen molar-refractivity contribution in [2.75, 3.05) is 5.32 Å². The summed E-state index contributed by atoms with van der Waals surface area (Å²) in [5.41, 5.74) is 4.80. The predicted octanol–water partition coefficient (Wildman–Crippen LogP) is 6.41. The van der Waals surface area contributed by atoms with E-state index in [1.54, 1.807) is 18.3 Å². The van der Waals surface area contributed by atoms with Gasteiger partial charge in [-0.1, -0.05) is 59.3 Å². The molecule has 0 saturated heterocycles. The van der Waals surface area contributed by atoms with Crippen LogP contribution in [0.3, 0.4) is 0 Å². The molecule has 0 unspecified atom stereocenters. The van der Waals surface area contributed by atoms with Crippen molar-refractivity contribution < 1.29 is 4.79 Å². The minimum absolute atomic E-state index is 0.0955. The predicted molar refractivity (Wildman–Crippen MR) is 136 cm³/mol. The lowest BCUT2D eigenvalue weighted by atomic mass is 10.0. The van der Waals surface area contributed by atoms with Crippen LogP contribution >= 0.6 is 22.9 Å². The lowest BCUT2D eigenvalue weighted by molar-refractivity contribution is 0.102. The van der Waals surface area contributed by atoms with Crippen LogP contribution in [0.4, 0.5) is 5.13 Å². The molecule has 1 N–H and O–H groups in total. The van der Waals surface area contributed by atoms with Crippen LogP contribution in [0, 0.1) is 6.92 Å². The number of nitrogens with one attached hydrogen (secondary N) is 1. The van der Waals surface area contributed by atoms with Crippen LogP contribution < -0.4 is 5.32 Å². The molecule has 7 nitrogen and oxygen atoms in total. The molecule has 3 heterocycles. The highest BCUT2D eigenvalue weighted by molar-refractivity contribution is 7.18. The van der Waals surface area contributed by atoms with Crippen molar-refractivity contribution in [1.82, 2.24) is 25.0 Å². The Labute approximate surface area is 205 Å². The molecule has 0 saturated carbocycles.